The van der Waals surface area contributed by atoms with Crippen LogP contribution >= 0.6 is 0 Å². The summed E-state index contributed by atoms with van der Waals surface area (Å²) in [5, 5.41) is 6.03. The van der Waals surface area contributed by atoms with Gasteiger partial charge >= 0.3 is 0 Å². The van der Waals surface area contributed by atoms with Crippen LogP contribution in [-0.2, 0) is 0 Å². The number of rotatable bonds is 6. The minimum absolute atomic E-state index is 0.660. The number of para-hydroxylation sites is 1. The SMILES string of the molecule is c1ccc(-c2ccc(-c3nc(-c4ccc(-c5cccc(-c6nc7ccccc7c7c6ccc6ccccc67)c5)cc4)cc(-c4ccccn4)n3)cc2)cc1. The summed E-state index contributed by atoms with van der Waals surface area (Å²) in [5.41, 5.74) is 12.0. The van der Waals surface area contributed by atoms with Gasteiger partial charge < -0.3 is 0 Å². The van der Waals surface area contributed by atoms with Crippen LogP contribution in [0.25, 0.3) is 100.0 Å². The number of hydrogen-bond donors (Lipinski definition) is 0. The summed E-state index contributed by atoms with van der Waals surface area (Å²) < 4.78 is 0. The third kappa shape index (κ3) is 5.76. The van der Waals surface area contributed by atoms with E-state index < -0.39 is 0 Å². The van der Waals surface area contributed by atoms with E-state index in [1.165, 1.54) is 27.1 Å². The van der Waals surface area contributed by atoms with Crippen LogP contribution in [0.3, 0.4) is 0 Å². The zero-order valence-corrected chi connectivity index (χ0v) is 29.3. The molecule has 0 aliphatic heterocycles. The molecule has 0 N–H and O–H groups in total. The Labute approximate surface area is 313 Å². The van der Waals surface area contributed by atoms with Crippen LogP contribution in [0.2, 0.25) is 0 Å². The number of nitrogens with zero attached hydrogens (tertiary/aromatic N) is 4. The Morgan fingerprint density at radius 1 is 0.315 bits per heavy atom. The normalized spacial score (nSPS) is 11.3. The third-order valence-electron chi connectivity index (χ3n) is 10.1. The van der Waals surface area contributed by atoms with Crippen LogP contribution in [0.5, 0.6) is 0 Å². The molecular formula is C50H32N4. The van der Waals surface area contributed by atoms with Gasteiger partial charge in [0, 0.05) is 39.0 Å². The van der Waals surface area contributed by atoms with Crippen molar-refractivity contribution in [1.29, 1.82) is 0 Å². The average molecular weight is 689 g/mol. The molecule has 4 nitrogen and oxygen atoms in total. The van der Waals surface area contributed by atoms with Crippen molar-refractivity contribution in [1.82, 2.24) is 19.9 Å². The molecule has 0 aliphatic rings. The highest BCUT2D eigenvalue weighted by molar-refractivity contribution is 6.22. The Balaban J connectivity index is 1.03. The molecule has 0 amide bonds. The van der Waals surface area contributed by atoms with Gasteiger partial charge in [-0.25, -0.2) is 15.0 Å². The number of fused-ring (bicyclic) bond motifs is 5. The lowest BCUT2D eigenvalue weighted by Gasteiger charge is -2.13. The second kappa shape index (κ2) is 13.4. The van der Waals surface area contributed by atoms with Gasteiger partial charge in [0.15, 0.2) is 5.82 Å². The second-order valence-corrected chi connectivity index (χ2v) is 13.5. The number of hydrogen-bond acceptors (Lipinski definition) is 4. The highest BCUT2D eigenvalue weighted by Gasteiger charge is 2.15. The molecule has 0 saturated carbocycles. The fourth-order valence-electron chi connectivity index (χ4n) is 7.43. The maximum absolute atomic E-state index is 5.24. The Hall–Kier alpha value is -7.30. The van der Waals surface area contributed by atoms with Gasteiger partial charge in [0.05, 0.1) is 28.3 Å². The van der Waals surface area contributed by atoms with Gasteiger partial charge in [-0.1, -0.05) is 158 Å². The lowest BCUT2D eigenvalue weighted by molar-refractivity contribution is 1.16. The largest absolute Gasteiger partial charge is 0.255 e. The van der Waals surface area contributed by atoms with Gasteiger partial charge in [0.1, 0.15) is 0 Å². The molecule has 54 heavy (non-hydrogen) atoms. The van der Waals surface area contributed by atoms with Crippen LogP contribution < -0.4 is 0 Å². The van der Waals surface area contributed by atoms with Crippen molar-refractivity contribution in [3.63, 3.8) is 0 Å². The highest BCUT2D eigenvalue weighted by Crippen LogP contribution is 2.38. The monoisotopic (exact) mass is 688 g/mol. The second-order valence-electron chi connectivity index (χ2n) is 13.5. The quantitative estimate of drug-likeness (QED) is 0.163. The molecule has 3 aromatic heterocycles. The van der Waals surface area contributed by atoms with Gasteiger partial charge in [-0.05, 0) is 63.4 Å². The summed E-state index contributed by atoms with van der Waals surface area (Å²) in [5.74, 6) is 0.660. The maximum atomic E-state index is 5.24. The molecule has 252 valence electrons. The summed E-state index contributed by atoms with van der Waals surface area (Å²) in [6.07, 6.45) is 1.80. The van der Waals surface area contributed by atoms with Crippen LogP contribution in [0.15, 0.2) is 194 Å². The molecule has 0 spiro atoms. The molecule has 0 bridgehead atoms. The molecule has 10 aromatic rings. The first-order valence-electron chi connectivity index (χ1n) is 18.1. The predicted octanol–water partition coefficient (Wildman–Crippen LogP) is 12.7. The molecule has 0 saturated heterocycles. The van der Waals surface area contributed by atoms with Crippen LogP contribution in [0.4, 0.5) is 0 Å². The van der Waals surface area contributed by atoms with Crippen molar-refractivity contribution in [2.75, 3.05) is 0 Å². The van der Waals surface area contributed by atoms with E-state index >= 15 is 0 Å². The predicted molar refractivity (Wildman–Crippen MR) is 223 cm³/mol. The summed E-state index contributed by atoms with van der Waals surface area (Å²) in [6, 6.07) is 65.6. The molecule has 0 atom stereocenters. The third-order valence-corrected chi connectivity index (χ3v) is 10.1. The standard InChI is InChI=1S/C50H32N4/c1-2-11-33(12-3-1)34-22-26-38(27-23-34)50-53-46(32-47(54-50)45-19-8-9-30-51-45)37-24-20-35(21-25-37)39-14-10-15-40(31-39)49-43-29-28-36-13-4-5-16-41(36)48(43)42-17-6-7-18-44(42)52-49/h1-32H. The molecule has 4 heteroatoms. The van der Waals surface area contributed by atoms with Crippen LogP contribution in [0, 0.1) is 0 Å². The van der Waals surface area contributed by atoms with Crippen molar-refractivity contribution in [3.8, 4) is 67.5 Å². The zero-order valence-electron chi connectivity index (χ0n) is 29.3. The topological polar surface area (TPSA) is 51.6 Å². The highest BCUT2D eigenvalue weighted by atomic mass is 14.9. The van der Waals surface area contributed by atoms with Gasteiger partial charge in [0.2, 0.25) is 0 Å². The van der Waals surface area contributed by atoms with Crippen LogP contribution in [0.1, 0.15) is 0 Å². The molecule has 0 fully saturated rings. The van der Waals surface area contributed by atoms with Gasteiger partial charge in [-0.3, -0.25) is 4.98 Å². The average Bonchev–Trinajstić information content (AvgIpc) is 3.26. The fraction of sp³-hybridized carbons (Fsp3) is 0. The summed E-state index contributed by atoms with van der Waals surface area (Å²) >= 11 is 0. The summed E-state index contributed by atoms with van der Waals surface area (Å²) in [7, 11) is 0. The van der Waals surface area contributed by atoms with E-state index in [0.29, 0.717) is 5.82 Å². The van der Waals surface area contributed by atoms with Crippen molar-refractivity contribution in [2.24, 2.45) is 0 Å². The van der Waals surface area contributed by atoms with E-state index in [9.17, 15) is 0 Å². The Morgan fingerprint density at radius 2 is 0.944 bits per heavy atom. The minimum Gasteiger partial charge on any atom is -0.255 e. The molecule has 3 heterocycles. The Kier molecular flexibility index (Phi) is 7.77. The summed E-state index contributed by atoms with van der Waals surface area (Å²) in [6.45, 7) is 0. The first-order valence-corrected chi connectivity index (χ1v) is 18.1. The number of pyridine rings is 2. The minimum atomic E-state index is 0.660. The first-order chi connectivity index (χ1) is 26.7. The van der Waals surface area contributed by atoms with Crippen molar-refractivity contribution in [3.05, 3.63) is 194 Å². The number of benzene rings is 7. The van der Waals surface area contributed by atoms with E-state index in [1.54, 1.807) is 6.20 Å². The van der Waals surface area contributed by atoms with E-state index in [0.717, 1.165) is 67.1 Å². The molecular weight excluding hydrogens is 657 g/mol. The summed E-state index contributed by atoms with van der Waals surface area (Å²) in [4.78, 5) is 19.9. The fourth-order valence-corrected chi connectivity index (χ4v) is 7.43. The van der Waals surface area contributed by atoms with Gasteiger partial charge in [0.25, 0.3) is 0 Å². The van der Waals surface area contributed by atoms with Crippen LogP contribution in [-0.4, -0.2) is 19.9 Å². The zero-order chi connectivity index (χ0) is 35.8. The smallest absolute Gasteiger partial charge is 0.160 e. The van der Waals surface area contributed by atoms with Crippen molar-refractivity contribution < 1.29 is 0 Å². The molecule has 0 aliphatic carbocycles. The van der Waals surface area contributed by atoms with Gasteiger partial charge in [-0.15, -0.1) is 0 Å². The maximum Gasteiger partial charge on any atom is 0.160 e. The molecule has 10 rings (SSSR count). The Morgan fingerprint density at radius 3 is 1.76 bits per heavy atom. The van der Waals surface area contributed by atoms with E-state index in [2.05, 4.69) is 163 Å². The lowest BCUT2D eigenvalue weighted by Crippen LogP contribution is -1.97. The molecule has 7 aromatic carbocycles. The van der Waals surface area contributed by atoms with Gasteiger partial charge in [-0.2, -0.15) is 0 Å². The van der Waals surface area contributed by atoms with Crippen molar-refractivity contribution in [2.45, 2.75) is 0 Å². The van der Waals surface area contributed by atoms with E-state index in [1.807, 2.05) is 30.3 Å². The molecule has 0 radical (unpaired) electrons. The van der Waals surface area contributed by atoms with E-state index in [-0.39, 0.29) is 0 Å². The number of aromatic nitrogens is 4. The lowest BCUT2D eigenvalue weighted by atomic mass is 9.94. The van der Waals surface area contributed by atoms with E-state index in [4.69, 9.17) is 15.0 Å². The first kappa shape index (κ1) is 31.4. The Bertz CT molecular complexity index is 2940. The molecule has 0 unspecified atom stereocenters. The van der Waals surface area contributed by atoms with Crippen molar-refractivity contribution >= 4 is 32.4 Å².